The summed E-state index contributed by atoms with van der Waals surface area (Å²) in [5, 5.41) is 3.05. The van der Waals surface area contributed by atoms with E-state index in [4.69, 9.17) is 0 Å². The van der Waals surface area contributed by atoms with Gasteiger partial charge in [-0.1, -0.05) is 22.9 Å². The van der Waals surface area contributed by atoms with E-state index in [0.29, 0.717) is 15.9 Å². The summed E-state index contributed by atoms with van der Waals surface area (Å²) in [5.41, 5.74) is 1.62. The third kappa shape index (κ3) is 3.22. The Bertz CT molecular complexity index is 574. The van der Waals surface area contributed by atoms with Crippen molar-refractivity contribution in [2.75, 3.05) is 12.4 Å². The van der Waals surface area contributed by atoms with Crippen LogP contribution >= 0.6 is 38.5 Å². The first kappa shape index (κ1) is 14.6. The van der Waals surface area contributed by atoms with Gasteiger partial charge in [-0.25, -0.2) is 14.4 Å². The molecule has 2 rings (SSSR count). The molecule has 0 saturated heterocycles. The molecule has 0 aliphatic heterocycles. The summed E-state index contributed by atoms with van der Waals surface area (Å²) in [6.45, 7) is 2.04. The van der Waals surface area contributed by atoms with Crippen LogP contribution in [0.15, 0.2) is 22.7 Å². The molecule has 0 unspecified atom stereocenters. The minimum Gasteiger partial charge on any atom is -0.372 e. The molecule has 0 radical (unpaired) electrons. The van der Waals surface area contributed by atoms with Crippen LogP contribution in [0.25, 0.3) is 11.4 Å². The van der Waals surface area contributed by atoms with E-state index in [1.807, 2.05) is 20.0 Å². The van der Waals surface area contributed by atoms with E-state index in [2.05, 4.69) is 53.8 Å². The molecule has 0 spiro atoms. The van der Waals surface area contributed by atoms with Crippen molar-refractivity contribution in [3.8, 4) is 11.4 Å². The molecule has 0 amide bonds. The normalized spacial score (nSPS) is 10.6. The lowest BCUT2D eigenvalue weighted by molar-refractivity contribution is 0.627. The summed E-state index contributed by atoms with van der Waals surface area (Å²) in [4.78, 5) is 8.94. The molecular formula is C13H12BrFIN3. The summed E-state index contributed by atoms with van der Waals surface area (Å²) in [6, 6.07) is 4.66. The Kier molecular flexibility index (Phi) is 4.72. The molecule has 0 saturated carbocycles. The molecule has 0 aliphatic carbocycles. The predicted octanol–water partition coefficient (Wildman–Crippen LogP) is 4.25. The summed E-state index contributed by atoms with van der Waals surface area (Å²) < 4.78 is 15.1. The van der Waals surface area contributed by atoms with Crippen LogP contribution in [0.1, 0.15) is 12.6 Å². The molecule has 0 fully saturated rings. The van der Waals surface area contributed by atoms with Crippen LogP contribution in [0, 0.1) is 9.39 Å². The topological polar surface area (TPSA) is 37.8 Å². The van der Waals surface area contributed by atoms with Crippen molar-refractivity contribution in [1.82, 2.24) is 9.97 Å². The van der Waals surface area contributed by atoms with Crippen LogP contribution in [-0.2, 0) is 6.42 Å². The van der Waals surface area contributed by atoms with E-state index in [0.717, 1.165) is 21.5 Å². The molecule has 0 bridgehead atoms. The van der Waals surface area contributed by atoms with Gasteiger partial charge in [0.2, 0.25) is 0 Å². The average molecular weight is 436 g/mol. The van der Waals surface area contributed by atoms with Crippen molar-refractivity contribution in [3.05, 3.63) is 37.8 Å². The van der Waals surface area contributed by atoms with Gasteiger partial charge in [0.15, 0.2) is 5.82 Å². The minimum atomic E-state index is -0.310. The second-order valence-electron chi connectivity index (χ2n) is 3.92. The molecule has 19 heavy (non-hydrogen) atoms. The highest BCUT2D eigenvalue weighted by molar-refractivity contribution is 14.1. The third-order valence-corrected chi connectivity index (χ3v) is 4.20. The zero-order valence-corrected chi connectivity index (χ0v) is 14.2. The van der Waals surface area contributed by atoms with Gasteiger partial charge in [0.1, 0.15) is 11.6 Å². The van der Waals surface area contributed by atoms with Crippen LogP contribution in [0.5, 0.6) is 0 Å². The number of hydrogen-bond acceptors (Lipinski definition) is 3. The molecule has 1 N–H and O–H groups in total. The van der Waals surface area contributed by atoms with Crippen molar-refractivity contribution in [2.24, 2.45) is 0 Å². The maximum absolute atomic E-state index is 13.5. The fourth-order valence-corrected chi connectivity index (χ4v) is 3.06. The van der Waals surface area contributed by atoms with Crippen molar-refractivity contribution in [1.29, 1.82) is 0 Å². The van der Waals surface area contributed by atoms with Gasteiger partial charge in [0.25, 0.3) is 0 Å². The van der Waals surface area contributed by atoms with Gasteiger partial charge in [-0.05, 0) is 47.2 Å². The average Bonchev–Trinajstić information content (AvgIpc) is 2.37. The maximum atomic E-state index is 13.5. The maximum Gasteiger partial charge on any atom is 0.161 e. The van der Waals surface area contributed by atoms with Gasteiger partial charge in [-0.2, -0.15) is 0 Å². The van der Waals surface area contributed by atoms with E-state index in [-0.39, 0.29) is 5.82 Å². The Morgan fingerprint density at radius 1 is 1.32 bits per heavy atom. The molecule has 6 heteroatoms. The van der Waals surface area contributed by atoms with Crippen LogP contribution < -0.4 is 5.32 Å². The first-order chi connectivity index (χ1) is 9.05. The molecule has 100 valence electrons. The Morgan fingerprint density at radius 2 is 2.05 bits per heavy atom. The van der Waals surface area contributed by atoms with Gasteiger partial charge in [0.05, 0.1) is 9.26 Å². The van der Waals surface area contributed by atoms with E-state index >= 15 is 0 Å². The molecule has 0 aliphatic rings. The summed E-state index contributed by atoms with van der Waals surface area (Å²) in [5.74, 6) is 0.986. The highest BCUT2D eigenvalue weighted by Crippen LogP contribution is 2.26. The van der Waals surface area contributed by atoms with Gasteiger partial charge in [-0.15, -0.1) is 0 Å². The lowest BCUT2D eigenvalue weighted by Gasteiger charge is -2.10. The lowest BCUT2D eigenvalue weighted by atomic mass is 10.2. The molecule has 3 nitrogen and oxygen atoms in total. The predicted molar refractivity (Wildman–Crippen MR) is 86.8 cm³/mol. The number of nitrogens with zero attached hydrogens (tertiary/aromatic N) is 2. The van der Waals surface area contributed by atoms with Crippen molar-refractivity contribution >= 4 is 44.3 Å². The molecule has 2 aromatic rings. The van der Waals surface area contributed by atoms with E-state index in [9.17, 15) is 4.39 Å². The summed E-state index contributed by atoms with van der Waals surface area (Å²) in [6.07, 6.45) is 0.805. The largest absolute Gasteiger partial charge is 0.372 e. The molecule has 1 aromatic carbocycles. The minimum absolute atomic E-state index is 0.310. The van der Waals surface area contributed by atoms with Crippen LogP contribution in [0.2, 0.25) is 0 Å². The molecule has 1 heterocycles. The zero-order valence-electron chi connectivity index (χ0n) is 10.5. The van der Waals surface area contributed by atoms with Gasteiger partial charge < -0.3 is 5.32 Å². The van der Waals surface area contributed by atoms with Crippen molar-refractivity contribution in [3.63, 3.8) is 0 Å². The third-order valence-electron chi connectivity index (χ3n) is 2.61. The standard InChI is InChI=1S/C13H12BrFIN3/c1-3-10-11(16)13(17-2)19-12(18-10)7-4-8(14)6-9(15)5-7/h4-6H,3H2,1-2H3,(H,17,18,19). The Labute approximate surface area is 133 Å². The lowest BCUT2D eigenvalue weighted by Crippen LogP contribution is -2.04. The second-order valence-corrected chi connectivity index (χ2v) is 5.91. The second kappa shape index (κ2) is 6.13. The van der Waals surface area contributed by atoms with Crippen molar-refractivity contribution < 1.29 is 4.39 Å². The number of hydrogen-bond donors (Lipinski definition) is 1. The fraction of sp³-hybridized carbons (Fsp3) is 0.231. The summed E-state index contributed by atoms with van der Waals surface area (Å²) >= 11 is 5.50. The monoisotopic (exact) mass is 435 g/mol. The number of halogens is 3. The first-order valence-corrected chi connectivity index (χ1v) is 7.63. The van der Waals surface area contributed by atoms with Gasteiger partial charge >= 0.3 is 0 Å². The number of anilines is 1. The number of rotatable bonds is 3. The fourth-order valence-electron chi connectivity index (χ4n) is 1.71. The van der Waals surface area contributed by atoms with Gasteiger partial charge in [-0.3, -0.25) is 0 Å². The smallest absolute Gasteiger partial charge is 0.161 e. The molecule has 1 aromatic heterocycles. The van der Waals surface area contributed by atoms with Crippen molar-refractivity contribution in [2.45, 2.75) is 13.3 Å². The Morgan fingerprint density at radius 3 is 2.63 bits per heavy atom. The van der Waals surface area contributed by atoms with E-state index in [1.165, 1.54) is 12.1 Å². The van der Waals surface area contributed by atoms with Crippen LogP contribution in [0.3, 0.4) is 0 Å². The molecule has 0 atom stereocenters. The number of aromatic nitrogens is 2. The molecular weight excluding hydrogens is 424 g/mol. The van der Waals surface area contributed by atoms with E-state index < -0.39 is 0 Å². The Hall–Kier alpha value is -0.760. The highest BCUT2D eigenvalue weighted by atomic mass is 127. The highest BCUT2D eigenvalue weighted by Gasteiger charge is 2.12. The Balaban J connectivity index is 2.61. The number of nitrogens with one attached hydrogen (secondary N) is 1. The quantitative estimate of drug-likeness (QED) is 0.732. The summed E-state index contributed by atoms with van der Waals surface area (Å²) in [7, 11) is 1.81. The number of aryl methyl sites for hydroxylation is 1. The number of benzene rings is 1. The van der Waals surface area contributed by atoms with Crippen LogP contribution in [0.4, 0.5) is 10.2 Å². The zero-order chi connectivity index (χ0) is 14.0. The SMILES string of the molecule is CCc1nc(-c2cc(F)cc(Br)c2)nc(NC)c1I. The van der Waals surface area contributed by atoms with Crippen LogP contribution in [-0.4, -0.2) is 17.0 Å². The van der Waals surface area contributed by atoms with Gasteiger partial charge in [0, 0.05) is 17.1 Å². The first-order valence-electron chi connectivity index (χ1n) is 5.75. The van der Waals surface area contributed by atoms with E-state index in [1.54, 1.807) is 0 Å².